The number of anilines is 1. The Morgan fingerprint density at radius 3 is 2.62 bits per heavy atom. The molecule has 0 saturated heterocycles. The lowest BCUT2D eigenvalue weighted by Gasteiger charge is -2.20. The van der Waals surface area contributed by atoms with E-state index in [0.717, 1.165) is 17.5 Å². The van der Waals surface area contributed by atoms with Gasteiger partial charge in [0.1, 0.15) is 5.75 Å². The number of hydrogen-bond donors (Lipinski definition) is 2. The van der Waals surface area contributed by atoms with Crippen molar-refractivity contribution in [2.24, 2.45) is 5.73 Å². The molecule has 3 N–H and O–H groups in total. The van der Waals surface area contributed by atoms with Crippen LogP contribution in [0.5, 0.6) is 5.75 Å². The highest BCUT2D eigenvalue weighted by atomic mass is 16.5. The molecule has 0 saturated carbocycles. The first-order valence-electron chi connectivity index (χ1n) is 7.08. The van der Waals surface area contributed by atoms with Crippen molar-refractivity contribution in [1.82, 2.24) is 0 Å². The summed E-state index contributed by atoms with van der Waals surface area (Å²) in [4.78, 5) is 11.4. The molecule has 0 radical (unpaired) electrons. The van der Waals surface area contributed by atoms with Crippen molar-refractivity contribution in [1.29, 1.82) is 0 Å². The smallest absolute Gasteiger partial charge is 0.262 e. The van der Waals surface area contributed by atoms with Crippen LogP contribution in [0.25, 0.3) is 0 Å². The molecular weight excluding hydrogens is 264 g/mol. The predicted molar refractivity (Wildman–Crippen MR) is 82.4 cm³/mol. The van der Waals surface area contributed by atoms with Gasteiger partial charge < -0.3 is 15.8 Å². The Labute approximate surface area is 123 Å². The normalized spacial score (nSPS) is 14.9. The fourth-order valence-corrected chi connectivity index (χ4v) is 2.45. The van der Waals surface area contributed by atoms with E-state index < -0.39 is 0 Å². The molecule has 1 aliphatic rings. The third kappa shape index (κ3) is 2.76. The second-order valence-corrected chi connectivity index (χ2v) is 5.17. The molecule has 21 heavy (non-hydrogen) atoms. The standard InChI is InChI=1S/C17H18N2O2/c1-2-11-3-5-12(6-4-11)17(18)13-7-8-15-14(9-13)19-16(20)10-21-15/h3-9,17H,2,10,18H2,1H3,(H,19,20). The largest absolute Gasteiger partial charge is 0.482 e. The SMILES string of the molecule is CCc1ccc(C(N)c2ccc3c(c2)NC(=O)CO3)cc1. The van der Waals surface area contributed by atoms with Crippen LogP contribution in [0, 0.1) is 0 Å². The minimum absolute atomic E-state index is 0.0663. The zero-order chi connectivity index (χ0) is 14.8. The van der Waals surface area contributed by atoms with Gasteiger partial charge in [-0.2, -0.15) is 0 Å². The van der Waals surface area contributed by atoms with E-state index in [0.29, 0.717) is 11.4 Å². The summed E-state index contributed by atoms with van der Waals surface area (Å²) in [7, 11) is 0. The van der Waals surface area contributed by atoms with Crippen molar-refractivity contribution >= 4 is 11.6 Å². The minimum atomic E-state index is -0.222. The van der Waals surface area contributed by atoms with Crippen molar-refractivity contribution in [3.63, 3.8) is 0 Å². The summed E-state index contributed by atoms with van der Waals surface area (Å²) in [5.41, 5.74) is 10.3. The summed E-state index contributed by atoms with van der Waals surface area (Å²) >= 11 is 0. The third-order valence-corrected chi connectivity index (χ3v) is 3.74. The maximum atomic E-state index is 11.4. The van der Waals surface area contributed by atoms with Gasteiger partial charge in [0.25, 0.3) is 5.91 Å². The highest BCUT2D eigenvalue weighted by molar-refractivity contribution is 5.95. The second kappa shape index (κ2) is 5.58. The van der Waals surface area contributed by atoms with Gasteiger partial charge in [0, 0.05) is 0 Å². The zero-order valence-corrected chi connectivity index (χ0v) is 11.9. The average Bonchev–Trinajstić information content (AvgIpc) is 2.53. The van der Waals surface area contributed by atoms with E-state index in [9.17, 15) is 4.79 Å². The van der Waals surface area contributed by atoms with E-state index in [-0.39, 0.29) is 18.6 Å². The Morgan fingerprint density at radius 2 is 1.90 bits per heavy atom. The highest BCUT2D eigenvalue weighted by Gasteiger charge is 2.18. The molecule has 3 rings (SSSR count). The molecule has 0 aliphatic carbocycles. The van der Waals surface area contributed by atoms with Crippen molar-refractivity contribution in [2.45, 2.75) is 19.4 Å². The fraction of sp³-hybridized carbons (Fsp3) is 0.235. The van der Waals surface area contributed by atoms with Crippen molar-refractivity contribution in [3.8, 4) is 5.75 Å². The zero-order valence-electron chi connectivity index (χ0n) is 11.9. The van der Waals surface area contributed by atoms with Crippen molar-refractivity contribution in [3.05, 3.63) is 59.2 Å². The molecule has 108 valence electrons. The van der Waals surface area contributed by atoms with Gasteiger partial charge >= 0.3 is 0 Å². The number of nitrogens with one attached hydrogen (secondary N) is 1. The lowest BCUT2D eigenvalue weighted by Crippen LogP contribution is -2.25. The molecule has 0 fully saturated rings. The quantitative estimate of drug-likeness (QED) is 0.909. The Morgan fingerprint density at radius 1 is 1.19 bits per heavy atom. The Balaban J connectivity index is 1.88. The maximum absolute atomic E-state index is 11.4. The molecule has 4 heteroatoms. The first-order valence-corrected chi connectivity index (χ1v) is 7.08. The Kier molecular flexibility index (Phi) is 3.62. The van der Waals surface area contributed by atoms with E-state index in [1.165, 1.54) is 5.56 Å². The van der Waals surface area contributed by atoms with E-state index in [2.05, 4.69) is 36.5 Å². The number of fused-ring (bicyclic) bond motifs is 1. The first-order chi connectivity index (χ1) is 10.2. The summed E-state index contributed by atoms with van der Waals surface area (Å²) in [6.07, 6.45) is 1.01. The second-order valence-electron chi connectivity index (χ2n) is 5.17. The van der Waals surface area contributed by atoms with Gasteiger partial charge in [0.2, 0.25) is 0 Å². The number of ether oxygens (including phenoxy) is 1. The molecule has 2 aromatic rings. The van der Waals surface area contributed by atoms with E-state index >= 15 is 0 Å². The first kappa shape index (κ1) is 13.6. The number of benzene rings is 2. The molecule has 0 spiro atoms. The number of amides is 1. The van der Waals surface area contributed by atoms with Crippen LogP contribution in [0.15, 0.2) is 42.5 Å². The molecule has 0 aromatic heterocycles. The van der Waals surface area contributed by atoms with Gasteiger partial charge in [0.05, 0.1) is 11.7 Å². The van der Waals surface area contributed by atoms with Crippen molar-refractivity contribution < 1.29 is 9.53 Å². The summed E-state index contributed by atoms with van der Waals surface area (Å²) < 4.78 is 5.35. The molecule has 1 aliphatic heterocycles. The lowest BCUT2D eigenvalue weighted by molar-refractivity contribution is -0.118. The average molecular weight is 282 g/mol. The number of hydrogen-bond acceptors (Lipinski definition) is 3. The lowest BCUT2D eigenvalue weighted by atomic mass is 9.97. The van der Waals surface area contributed by atoms with Crippen molar-refractivity contribution in [2.75, 3.05) is 11.9 Å². The van der Waals surface area contributed by atoms with Gasteiger partial charge in [-0.05, 0) is 35.2 Å². The number of nitrogens with two attached hydrogens (primary N) is 1. The summed E-state index contributed by atoms with van der Waals surface area (Å²) in [6.45, 7) is 2.19. The minimum Gasteiger partial charge on any atom is -0.482 e. The van der Waals surface area contributed by atoms with Gasteiger partial charge in [-0.1, -0.05) is 37.3 Å². The Bertz CT molecular complexity index is 665. The highest BCUT2D eigenvalue weighted by Crippen LogP contribution is 2.31. The van der Waals surface area contributed by atoms with Crippen LogP contribution >= 0.6 is 0 Å². The van der Waals surface area contributed by atoms with Gasteiger partial charge in [0.15, 0.2) is 6.61 Å². The van der Waals surface area contributed by atoms with Gasteiger partial charge in [-0.25, -0.2) is 0 Å². The van der Waals surface area contributed by atoms with Crippen LogP contribution in [0.1, 0.15) is 29.7 Å². The maximum Gasteiger partial charge on any atom is 0.262 e. The Hall–Kier alpha value is -2.33. The van der Waals surface area contributed by atoms with E-state index in [1.54, 1.807) is 0 Å². The van der Waals surface area contributed by atoms with E-state index in [1.807, 2.05) is 18.2 Å². The van der Waals surface area contributed by atoms with Crippen LogP contribution in [0.3, 0.4) is 0 Å². The monoisotopic (exact) mass is 282 g/mol. The number of rotatable bonds is 3. The van der Waals surface area contributed by atoms with Gasteiger partial charge in [-0.3, -0.25) is 4.79 Å². The number of carbonyl (C=O) groups excluding carboxylic acids is 1. The number of carbonyl (C=O) groups is 1. The topological polar surface area (TPSA) is 64.3 Å². The predicted octanol–water partition coefficient (Wildman–Crippen LogP) is 2.63. The van der Waals surface area contributed by atoms with E-state index in [4.69, 9.17) is 10.5 Å². The molecule has 2 aromatic carbocycles. The van der Waals surface area contributed by atoms with Crippen LogP contribution in [0.4, 0.5) is 5.69 Å². The molecule has 1 unspecified atom stereocenters. The van der Waals surface area contributed by atoms with Gasteiger partial charge in [-0.15, -0.1) is 0 Å². The molecule has 1 atom stereocenters. The van der Waals surface area contributed by atoms with Crippen LogP contribution in [-0.4, -0.2) is 12.5 Å². The summed E-state index contributed by atoms with van der Waals surface area (Å²) in [5.74, 6) is 0.549. The number of aryl methyl sites for hydroxylation is 1. The fourth-order valence-electron chi connectivity index (χ4n) is 2.45. The molecule has 4 nitrogen and oxygen atoms in total. The summed E-state index contributed by atoms with van der Waals surface area (Å²) in [5, 5.41) is 2.81. The van der Waals surface area contributed by atoms with Crippen LogP contribution < -0.4 is 15.8 Å². The third-order valence-electron chi connectivity index (χ3n) is 3.74. The molecular formula is C17H18N2O2. The van der Waals surface area contributed by atoms with Crippen LogP contribution in [-0.2, 0) is 11.2 Å². The molecule has 1 amide bonds. The molecule has 0 bridgehead atoms. The summed E-state index contributed by atoms with van der Waals surface area (Å²) in [6, 6.07) is 13.7. The molecule has 1 heterocycles. The van der Waals surface area contributed by atoms with Crippen LogP contribution in [0.2, 0.25) is 0 Å².